The molecule has 0 bridgehead atoms. The summed E-state index contributed by atoms with van der Waals surface area (Å²) in [5.41, 5.74) is 8.17. The lowest BCUT2D eigenvalue weighted by atomic mass is 9.88. The number of hydrogen-bond donors (Lipinski definition) is 1. The molecular formula is C15H15NO2. The highest BCUT2D eigenvalue weighted by Crippen LogP contribution is 2.49. The van der Waals surface area contributed by atoms with Gasteiger partial charge in [0, 0.05) is 12.1 Å². The molecular weight excluding hydrogens is 226 g/mol. The number of ketones is 1. The monoisotopic (exact) mass is 241 g/mol. The van der Waals surface area contributed by atoms with Crippen LogP contribution in [-0.4, -0.2) is 5.78 Å². The van der Waals surface area contributed by atoms with Crippen LogP contribution in [0, 0.1) is 0 Å². The topological polar surface area (TPSA) is 56.2 Å². The van der Waals surface area contributed by atoms with Gasteiger partial charge in [-0.3, -0.25) is 4.79 Å². The summed E-state index contributed by atoms with van der Waals surface area (Å²) >= 11 is 0. The van der Waals surface area contributed by atoms with E-state index in [9.17, 15) is 4.79 Å². The standard InChI is InChI=1S/C15H15NO2/c16-13-3-1-12(2-4-13)15(6-7-15)14(17)9-11-5-8-18-10-11/h1-5,8,10H,6-7,9,16H2. The molecule has 1 aromatic carbocycles. The van der Waals surface area contributed by atoms with Crippen molar-refractivity contribution in [1.29, 1.82) is 0 Å². The van der Waals surface area contributed by atoms with Crippen LogP contribution < -0.4 is 5.73 Å². The predicted octanol–water partition coefficient (Wildman–Crippen LogP) is 2.71. The summed E-state index contributed by atoms with van der Waals surface area (Å²) in [4.78, 5) is 12.4. The number of carbonyl (C=O) groups excluding carboxylic acids is 1. The van der Waals surface area contributed by atoms with Gasteiger partial charge in [0.2, 0.25) is 0 Å². The molecule has 18 heavy (non-hydrogen) atoms. The molecule has 2 aromatic rings. The Morgan fingerprint density at radius 3 is 2.50 bits per heavy atom. The zero-order valence-electron chi connectivity index (χ0n) is 10.1. The third kappa shape index (κ3) is 1.82. The third-order valence-corrected chi connectivity index (χ3v) is 3.69. The molecule has 0 amide bonds. The summed E-state index contributed by atoms with van der Waals surface area (Å²) in [6.07, 6.45) is 5.56. The van der Waals surface area contributed by atoms with Gasteiger partial charge in [0.1, 0.15) is 5.78 Å². The normalized spacial score (nSPS) is 16.4. The van der Waals surface area contributed by atoms with Crippen LogP contribution in [0.1, 0.15) is 24.0 Å². The number of Topliss-reactive ketones (excluding diaryl/α,β-unsaturated/α-hetero) is 1. The van der Waals surface area contributed by atoms with E-state index in [1.807, 2.05) is 30.3 Å². The zero-order valence-corrected chi connectivity index (χ0v) is 10.1. The van der Waals surface area contributed by atoms with E-state index in [-0.39, 0.29) is 11.2 Å². The maximum Gasteiger partial charge on any atom is 0.147 e. The van der Waals surface area contributed by atoms with Crippen molar-refractivity contribution in [2.45, 2.75) is 24.7 Å². The van der Waals surface area contributed by atoms with Gasteiger partial charge in [0.25, 0.3) is 0 Å². The molecule has 0 saturated heterocycles. The fourth-order valence-corrected chi connectivity index (χ4v) is 2.40. The minimum Gasteiger partial charge on any atom is -0.472 e. The lowest BCUT2D eigenvalue weighted by molar-refractivity contribution is -0.120. The number of hydrogen-bond acceptors (Lipinski definition) is 3. The fourth-order valence-electron chi connectivity index (χ4n) is 2.40. The SMILES string of the molecule is Nc1ccc(C2(C(=O)Cc3ccoc3)CC2)cc1. The van der Waals surface area contributed by atoms with Crippen molar-refractivity contribution in [1.82, 2.24) is 0 Å². The van der Waals surface area contributed by atoms with E-state index in [1.54, 1.807) is 12.5 Å². The molecule has 1 fully saturated rings. The first-order chi connectivity index (χ1) is 8.71. The van der Waals surface area contributed by atoms with Gasteiger partial charge in [0.15, 0.2) is 0 Å². The largest absolute Gasteiger partial charge is 0.472 e. The lowest BCUT2D eigenvalue weighted by Gasteiger charge is -2.14. The number of rotatable bonds is 4. The average Bonchev–Trinajstić information content (AvgIpc) is 3.03. The number of nitrogen functional groups attached to an aromatic ring is 1. The zero-order chi connectivity index (χ0) is 12.6. The molecule has 1 aromatic heterocycles. The van der Waals surface area contributed by atoms with Crippen LogP contribution >= 0.6 is 0 Å². The number of carbonyl (C=O) groups is 1. The van der Waals surface area contributed by atoms with Gasteiger partial charge < -0.3 is 10.2 Å². The van der Waals surface area contributed by atoms with Gasteiger partial charge in [0.05, 0.1) is 17.9 Å². The molecule has 1 aliphatic rings. The molecule has 0 atom stereocenters. The van der Waals surface area contributed by atoms with Crippen LogP contribution in [0.25, 0.3) is 0 Å². The van der Waals surface area contributed by atoms with Crippen molar-refractivity contribution in [2.75, 3.05) is 5.73 Å². The van der Waals surface area contributed by atoms with Gasteiger partial charge in [-0.05, 0) is 42.2 Å². The van der Waals surface area contributed by atoms with E-state index >= 15 is 0 Å². The van der Waals surface area contributed by atoms with E-state index in [2.05, 4.69) is 0 Å². The third-order valence-electron chi connectivity index (χ3n) is 3.69. The molecule has 1 saturated carbocycles. The van der Waals surface area contributed by atoms with Gasteiger partial charge in [-0.1, -0.05) is 12.1 Å². The Balaban J connectivity index is 1.82. The highest BCUT2D eigenvalue weighted by molar-refractivity contribution is 5.94. The molecule has 3 rings (SSSR count). The summed E-state index contributed by atoms with van der Waals surface area (Å²) in [7, 11) is 0. The smallest absolute Gasteiger partial charge is 0.147 e. The van der Waals surface area contributed by atoms with Crippen molar-refractivity contribution in [2.24, 2.45) is 0 Å². The van der Waals surface area contributed by atoms with Gasteiger partial charge in [-0.15, -0.1) is 0 Å². The Kier molecular flexibility index (Phi) is 2.47. The minimum absolute atomic E-state index is 0.272. The van der Waals surface area contributed by atoms with Crippen LogP contribution in [0.15, 0.2) is 47.3 Å². The molecule has 3 heteroatoms. The van der Waals surface area contributed by atoms with Crippen molar-refractivity contribution in [3.05, 3.63) is 54.0 Å². The molecule has 0 radical (unpaired) electrons. The summed E-state index contributed by atoms with van der Waals surface area (Å²) in [5.74, 6) is 0.272. The minimum atomic E-state index is -0.273. The Morgan fingerprint density at radius 1 is 1.22 bits per heavy atom. The second-order valence-corrected chi connectivity index (χ2v) is 4.94. The molecule has 3 nitrogen and oxygen atoms in total. The second kappa shape index (κ2) is 4.02. The van der Waals surface area contributed by atoms with Gasteiger partial charge in [-0.25, -0.2) is 0 Å². The van der Waals surface area contributed by atoms with E-state index < -0.39 is 0 Å². The van der Waals surface area contributed by atoms with Crippen LogP contribution in [0.3, 0.4) is 0 Å². The predicted molar refractivity (Wildman–Crippen MR) is 69.2 cm³/mol. The molecule has 2 N–H and O–H groups in total. The highest BCUT2D eigenvalue weighted by Gasteiger charge is 2.50. The maximum atomic E-state index is 12.4. The van der Waals surface area contributed by atoms with Crippen molar-refractivity contribution < 1.29 is 9.21 Å². The Bertz CT molecular complexity index is 551. The van der Waals surface area contributed by atoms with Crippen molar-refractivity contribution in [3.63, 3.8) is 0 Å². The second-order valence-electron chi connectivity index (χ2n) is 4.94. The van der Waals surface area contributed by atoms with Crippen LogP contribution in [0.5, 0.6) is 0 Å². The van der Waals surface area contributed by atoms with Gasteiger partial charge >= 0.3 is 0 Å². The summed E-state index contributed by atoms with van der Waals surface area (Å²) in [6.45, 7) is 0. The molecule has 0 spiro atoms. The van der Waals surface area contributed by atoms with Crippen molar-refractivity contribution in [3.8, 4) is 0 Å². The molecule has 0 aliphatic heterocycles. The van der Waals surface area contributed by atoms with E-state index in [1.165, 1.54) is 0 Å². The molecule has 0 unspecified atom stereocenters. The Morgan fingerprint density at radius 2 is 1.94 bits per heavy atom. The van der Waals surface area contributed by atoms with Crippen LogP contribution in [0.4, 0.5) is 5.69 Å². The first-order valence-electron chi connectivity index (χ1n) is 6.11. The number of anilines is 1. The summed E-state index contributed by atoms with van der Waals surface area (Å²) < 4.78 is 5.00. The number of furan rings is 1. The molecule has 92 valence electrons. The molecule has 1 aliphatic carbocycles. The van der Waals surface area contributed by atoms with Gasteiger partial charge in [-0.2, -0.15) is 0 Å². The number of nitrogens with two attached hydrogens (primary N) is 1. The highest BCUT2D eigenvalue weighted by atomic mass is 16.3. The molecule has 1 heterocycles. The fraction of sp³-hybridized carbons (Fsp3) is 0.267. The lowest BCUT2D eigenvalue weighted by Crippen LogP contribution is -2.22. The summed E-state index contributed by atoms with van der Waals surface area (Å²) in [6, 6.07) is 9.50. The quantitative estimate of drug-likeness (QED) is 0.837. The summed E-state index contributed by atoms with van der Waals surface area (Å²) in [5, 5.41) is 0. The first-order valence-corrected chi connectivity index (χ1v) is 6.11. The van der Waals surface area contributed by atoms with E-state index in [0.717, 1.165) is 29.7 Å². The van der Waals surface area contributed by atoms with E-state index in [0.29, 0.717) is 6.42 Å². The Labute approximate surface area is 106 Å². The first kappa shape index (κ1) is 11.1. The average molecular weight is 241 g/mol. The Hall–Kier alpha value is -2.03. The van der Waals surface area contributed by atoms with Crippen molar-refractivity contribution >= 4 is 11.5 Å². The number of benzene rings is 1. The van der Waals surface area contributed by atoms with Crippen LogP contribution in [-0.2, 0) is 16.6 Å². The maximum absolute atomic E-state index is 12.4. The van der Waals surface area contributed by atoms with E-state index in [4.69, 9.17) is 10.2 Å². The van der Waals surface area contributed by atoms with Crippen LogP contribution in [0.2, 0.25) is 0 Å².